The highest BCUT2D eigenvalue weighted by Crippen LogP contribution is 2.22. The molecule has 18 heavy (non-hydrogen) atoms. The van der Waals surface area contributed by atoms with Crippen LogP contribution >= 0.6 is 11.3 Å². The van der Waals surface area contributed by atoms with Crippen LogP contribution in [0.4, 0.5) is 5.88 Å². The van der Waals surface area contributed by atoms with Crippen LogP contribution in [0.2, 0.25) is 0 Å². The molecule has 2 heterocycles. The first-order valence-electron chi connectivity index (χ1n) is 5.94. The number of likely N-dealkylation sites (N-methyl/N-ethyl adjacent to an activating group) is 1. The minimum atomic E-state index is -0.0411. The predicted octanol–water partition coefficient (Wildman–Crippen LogP) is 3.61. The predicted molar refractivity (Wildman–Crippen MR) is 74.6 cm³/mol. The molecule has 0 saturated heterocycles. The van der Waals surface area contributed by atoms with Crippen LogP contribution in [0.1, 0.15) is 29.3 Å². The van der Waals surface area contributed by atoms with Crippen molar-refractivity contribution in [1.82, 2.24) is 0 Å². The molecule has 3 nitrogen and oxygen atoms in total. The van der Waals surface area contributed by atoms with Crippen LogP contribution in [0.5, 0.6) is 0 Å². The highest BCUT2D eigenvalue weighted by molar-refractivity contribution is 7.09. The molecule has 2 rings (SSSR count). The third-order valence-electron chi connectivity index (χ3n) is 3.02. The molecule has 0 fully saturated rings. The molecule has 1 atom stereocenters. The van der Waals surface area contributed by atoms with Gasteiger partial charge >= 0.3 is 0 Å². The maximum atomic E-state index is 11.2. The zero-order valence-electron chi connectivity index (χ0n) is 10.8. The van der Waals surface area contributed by atoms with Crippen molar-refractivity contribution in [2.75, 3.05) is 11.9 Å². The summed E-state index contributed by atoms with van der Waals surface area (Å²) in [4.78, 5) is 14.6. The molecule has 0 N–H and O–H groups in total. The van der Waals surface area contributed by atoms with Crippen LogP contribution in [0.3, 0.4) is 0 Å². The summed E-state index contributed by atoms with van der Waals surface area (Å²) in [6, 6.07) is 8.11. The number of rotatable bonds is 5. The van der Waals surface area contributed by atoms with Gasteiger partial charge in [-0.1, -0.05) is 6.07 Å². The number of carbonyl (C=O) groups excluding carboxylic acids is 1. The molecule has 2 aromatic heterocycles. The summed E-state index contributed by atoms with van der Waals surface area (Å²) < 4.78 is 5.53. The van der Waals surface area contributed by atoms with E-state index in [2.05, 4.69) is 29.3 Å². The third-order valence-corrected chi connectivity index (χ3v) is 3.92. The number of hydrogen-bond acceptors (Lipinski definition) is 4. The summed E-state index contributed by atoms with van der Waals surface area (Å²) in [6.45, 7) is 3.66. The summed E-state index contributed by atoms with van der Waals surface area (Å²) in [5.41, 5.74) is 0. The summed E-state index contributed by atoms with van der Waals surface area (Å²) in [5.74, 6) is 1.12. The summed E-state index contributed by atoms with van der Waals surface area (Å²) >= 11 is 1.76. The van der Waals surface area contributed by atoms with Gasteiger partial charge < -0.3 is 9.32 Å². The number of nitrogens with zero attached hydrogens (tertiary/aromatic N) is 1. The summed E-state index contributed by atoms with van der Waals surface area (Å²) in [7, 11) is 1.99. The van der Waals surface area contributed by atoms with Crippen molar-refractivity contribution in [2.24, 2.45) is 0 Å². The third kappa shape index (κ3) is 2.82. The Hall–Kier alpha value is -1.55. The van der Waals surface area contributed by atoms with Crippen LogP contribution in [0, 0.1) is 0 Å². The van der Waals surface area contributed by atoms with E-state index in [-0.39, 0.29) is 5.78 Å². The number of ketones is 1. The topological polar surface area (TPSA) is 33.5 Å². The van der Waals surface area contributed by atoms with Crippen molar-refractivity contribution in [1.29, 1.82) is 0 Å². The molecule has 96 valence electrons. The van der Waals surface area contributed by atoms with Gasteiger partial charge in [0.1, 0.15) is 0 Å². The van der Waals surface area contributed by atoms with Gasteiger partial charge in [0.05, 0.1) is 0 Å². The summed E-state index contributed by atoms with van der Waals surface area (Å²) in [6.07, 6.45) is 0.976. The Labute approximate surface area is 111 Å². The molecule has 0 amide bonds. The average molecular weight is 263 g/mol. The number of hydrogen-bond donors (Lipinski definition) is 0. The van der Waals surface area contributed by atoms with Crippen LogP contribution in [0.25, 0.3) is 0 Å². The molecule has 0 saturated carbocycles. The Morgan fingerprint density at radius 1 is 1.44 bits per heavy atom. The van der Waals surface area contributed by atoms with Crippen molar-refractivity contribution in [2.45, 2.75) is 26.3 Å². The fourth-order valence-corrected chi connectivity index (χ4v) is 2.61. The van der Waals surface area contributed by atoms with E-state index in [0.29, 0.717) is 11.8 Å². The van der Waals surface area contributed by atoms with Gasteiger partial charge in [0.25, 0.3) is 0 Å². The van der Waals surface area contributed by atoms with Gasteiger partial charge in [0.2, 0.25) is 0 Å². The maximum Gasteiger partial charge on any atom is 0.196 e. The minimum Gasteiger partial charge on any atom is -0.437 e. The molecule has 0 aromatic carbocycles. The van der Waals surface area contributed by atoms with Crippen LogP contribution in [0.15, 0.2) is 34.1 Å². The molecular weight excluding hydrogens is 246 g/mol. The average Bonchev–Trinajstić information content (AvgIpc) is 2.98. The van der Waals surface area contributed by atoms with Crippen molar-refractivity contribution in [3.8, 4) is 0 Å². The lowest BCUT2D eigenvalue weighted by atomic mass is 10.2. The number of carbonyl (C=O) groups is 1. The van der Waals surface area contributed by atoms with Gasteiger partial charge in [-0.05, 0) is 24.4 Å². The lowest BCUT2D eigenvalue weighted by Crippen LogP contribution is -2.30. The van der Waals surface area contributed by atoms with Gasteiger partial charge in [0, 0.05) is 37.4 Å². The van der Waals surface area contributed by atoms with E-state index in [1.54, 1.807) is 17.4 Å². The van der Waals surface area contributed by atoms with Crippen LogP contribution in [-0.4, -0.2) is 18.9 Å². The normalized spacial score (nSPS) is 12.4. The van der Waals surface area contributed by atoms with Gasteiger partial charge in [-0.3, -0.25) is 4.79 Å². The van der Waals surface area contributed by atoms with Crippen molar-refractivity contribution in [3.63, 3.8) is 0 Å². The quantitative estimate of drug-likeness (QED) is 0.773. The SMILES string of the molecule is CC(=O)c1ccc(N(C)C(C)Cc2cccs2)o1. The fourth-order valence-electron chi connectivity index (χ4n) is 1.78. The van der Waals surface area contributed by atoms with E-state index in [1.807, 2.05) is 13.1 Å². The highest BCUT2D eigenvalue weighted by atomic mass is 32.1. The highest BCUT2D eigenvalue weighted by Gasteiger charge is 2.15. The first kappa shape index (κ1) is 12.9. The van der Waals surface area contributed by atoms with Crippen molar-refractivity contribution < 1.29 is 9.21 Å². The largest absolute Gasteiger partial charge is 0.437 e. The van der Waals surface area contributed by atoms with Gasteiger partial charge in [-0.2, -0.15) is 0 Å². The first-order valence-corrected chi connectivity index (χ1v) is 6.82. The van der Waals surface area contributed by atoms with Crippen molar-refractivity contribution in [3.05, 3.63) is 40.3 Å². The molecule has 0 spiro atoms. The second-order valence-electron chi connectivity index (χ2n) is 4.44. The fraction of sp³-hybridized carbons (Fsp3) is 0.357. The van der Waals surface area contributed by atoms with Crippen LogP contribution < -0.4 is 4.90 Å². The lowest BCUT2D eigenvalue weighted by molar-refractivity contribution is 0.0987. The molecule has 0 aliphatic heterocycles. The van der Waals surface area contributed by atoms with E-state index in [4.69, 9.17) is 4.42 Å². The second-order valence-corrected chi connectivity index (χ2v) is 5.47. The van der Waals surface area contributed by atoms with Crippen LogP contribution in [-0.2, 0) is 6.42 Å². The number of Topliss-reactive ketones (excluding diaryl/α,β-unsaturated/α-hetero) is 1. The molecule has 0 radical (unpaired) electrons. The van der Waals surface area contributed by atoms with Gasteiger partial charge in [-0.15, -0.1) is 11.3 Å². The monoisotopic (exact) mass is 263 g/mol. The molecule has 2 aromatic rings. The van der Waals surface area contributed by atoms with E-state index < -0.39 is 0 Å². The van der Waals surface area contributed by atoms with Gasteiger partial charge in [-0.25, -0.2) is 0 Å². The van der Waals surface area contributed by atoms with Gasteiger partial charge in [0.15, 0.2) is 17.4 Å². The van der Waals surface area contributed by atoms with E-state index >= 15 is 0 Å². The maximum absolute atomic E-state index is 11.2. The smallest absolute Gasteiger partial charge is 0.196 e. The van der Waals surface area contributed by atoms with E-state index in [0.717, 1.165) is 12.3 Å². The zero-order chi connectivity index (χ0) is 13.1. The molecule has 0 aliphatic carbocycles. The molecule has 0 bridgehead atoms. The zero-order valence-corrected chi connectivity index (χ0v) is 11.7. The Morgan fingerprint density at radius 2 is 2.22 bits per heavy atom. The number of anilines is 1. The van der Waals surface area contributed by atoms with Crippen molar-refractivity contribution >= 4 is 23.0 Å². The second kappa shape index (κ2) is 5.40. The Balaban J connectivity index is 2.05. The Bertz CT molecular complexity index is 516. The standard InChI is InChI=1S/C14H17NO2S/c1-10(9-12-5-4-8-18-12)15(3)14-7-6-13(17-14)11(2)16/h4-8,10H,9H2,1-3H3. The van der Waals surface area contributed by atoms with E-state index in [9.17, 15) is 4.79 Å². The Morgan fingerprint density at radius 3 is 2.78 bits per heavy atom. The first-order chi connectivity index (χ1) is 8.58. The number of thiophene rings is 1. The van der Waals surface area contributed by atoms with E-state index in [1.165, 1.54) is 11.8 Å². The molecule has 0 aliphatic rings. The Kier molecular flexibility index (Phi) is 3.87. The lowest BCUT2D eigenvalue weighted by Gasteiger charge is -2.23. The minimum absolute atomic E-state index is 0.0411. The molecule has 4 heteroatoms. The summed E-state index contributed by atoms with van der Waals surface area (Å²) in [5, 5.41) is 2.09. The molecule has 1 unspecified atom stereocenters. The number of furan rings is 1. The molecular formula is C14H17NO2S.